The van der Waals surface area contributed by atoms with E-state index in [1.165, 1.54) is 29.2 Å². The van der Waals surface area contributed by atoms with Crippen LogP contribution in [0.1, 0.15) is 10.4 Å². The van der Waals surface area contributed by atoms with Crippen LogP contribution in [0, 0.1) is 0 Å². The Morgan fingerprint density at radius 1 is 0.938 bits per heavy atom. The number of benzene rings is 3. The van der Waals surface area contributed by atoms with E-state index in [0.717, 1.165) is 11.0 Å². The number of sulfonamides is 1. The normalized spacial score (nSPS) is 13.0. The molecule has 32 heavy (non-hydrogen) atoms. The minimum Gasteiger partial charge on any atom is -0.486 e. The minimum atomic E-state index is -3.90. The van der Waals surface area contributed by atoms with Gasteiger partial charge in [-0.2, -0.15) is 0 Å². The molecule has 1 aliphatic heterocycles. The molecule has 10 heteroatoms. The fourth-order valence-electron chi connectivity index (χ4n) is 3.35. The second-order valence-corrected chi connectivity index (χ2v) is 8.72. The summed E-state index contributed by atoms with van der Waals surface area (Å²) < 4.78 is 40.6. The zero-order valence-electron chi connectivity index (χ0n) is 16.7. The topological polar surface area (TPSA) is 112 Å². The first-order valence-corrected chi connectivity index (χ1v) is 11.2. The Hall–Kier alpha value is -4.05. The van der Waals surface area contributed by atoms with Crippen LogP contribution in [0.4, 0.5) is 5.69 Å². The Morgan fingerprint density at radius 3 is 2.62 bits per heavy atom. The molecule has 2 heterocycles. The van der Waals surface area contributed by atoms with Gasteiger partial charge in [0.25, 0.3) is 15.9 Å². The summed E-state index contributed by atoms with van der Waals surface area (Å²) in [6.45, 7) is 0.772. The van der Waals surface area contributed by atoms with E-state index in [4.69, 9.17) is 9.47 Å². The number of nitrogens with one attached hydrogen (secondary N) is 2. The molecule has 4 aromatic rings. The fraction of sp³-hybridized carbons (Fsp3) is 0.0909. The number of hydrogen-bond donors (Lipinski definition) is 2. The molecular formula is C22H18N4O5S. The summed E-state index contributed by atoms with van der Waals surface area (Å²) in [6.07, 6.45) is 1.51. The molecule has 1 aliphatic rings. The van der Waals surface area contributed by atoms with Crippen LogP contribution >= 0.6 is 0 Å². The third-order valence-corrected chi connectivity index (χ3v) is 6.26. The average Bonchev–Trinajstić information content (AvgIpc) is 3.21. The summed E-state index contributed by atoms with van der Waals surface area (Å²) in [5.41, 5.74) is 4.77. The lowest BCUT2D eigenvalue weighted by Gasteiger charge is -2.19. The Bertz CT molecular complexity index is 1430. The quantitative estimate of drug-likeness (QED) is 0.484. The van der Waals surface area contributed by atoms with E-state index in [9.17, 15) is 13.2 Å². The Kier molecular flexibility index (Phi) is 4.91. The van der Waals surface area contributed by atoms with Gasteiger partial charge in [-0.3, -0.25) is 14.9 Å². The van der Waals surface area contributed by atoms with Crippen molar-refractivity contribution in [2.45, 2.75) is 4.90 Å². The lowest BCUT2D eigenvalue weighted by Crippen LogP contribution is -2.22. The maximum atomic E-state index is 12.9. The van der Waals surface area contributed by atoms with E-state index < -0.39 is 15.9 Å². The minimum absolute atomic E-state index is 0.0292. The molecular weight excluding hydrogens is 432 g/mol. The van der Waals surface area contributed by atoms with Gasteiger partial charge in [-0.1, -0.05) is 18.2 Å². The van der Waals surface area contributed by atoms with Crippen LogP contribution in [-0.4, -0.2) is 37.2 Å². The molecule has 0 aliphatic carbocycles. The number of rotatable bonds is 5. The van der Waals surface area contributed by atoms with Crippen molar-refractivity contribution >= 4 is 32.7 Å². The standard InChI is InChI=1S/C22H18N4O5S/c27-22(24-26-14-23-18-6-1-2-7-19(18)26)15-4-3-5-16(12-15)25-32(28,29)17-8-9-20-21(13-17)31-11-10-30-20/h1-9,12-14,25H,10-11H2,(H,24,27). The van der Waals surface area contributed by atoms with Crippen molar-refractivity contribution in [1.82, 2.24) is 9.66 Å². The predicted molar refractivity (Wildman–Crippen MR) is 118 cm³/mol. The number of aromatic nitrogens is 2. The largest absolute Gasteiger partial charge is 0.486 e. The third kappa shape index (κ3) is 3.83. The van der Waals surface area contributed by atoms with Gasteiger partial charge < -0.3 is 9.47 Å². The maximum absolute atomic E-state index is 12.9. The van der Waals surface area contributed by atoms with Crippen LogP contribution in [0.3, 0.4) is 0 Å². The maximum Gasteiger partial charge on any atom is 0.270 e. The molecule has 1 amide bonds. The van der Waals surface area contributed by atoms with Crippen molar-refractivity contribution in [3.63, 3.8) is 0 Å². The van der Waals surface area contributed by atoms with E-state index in [1.54, 1.807) is 24.3 Å². The molecule has 2 N–H and O–H groups in total. The van der Waals surface area contributed by atoms with Gasteiger partial charge in [0, 0.05) is 17.3 Å². The monoisotopic (exact) mass is 450 g/mol. The van der Waals surface area contributed by atoms with Gasteiger partial charge >= 0.3 is 0 Å². The number of ether oxygens (including phenoxy) is 2. The number of carbonyl (C=O) groups is 1. The third-order valence-electron chi connectivity index (χ3n) is 4.88. The van der Waals surface area contributed by atoms with Crippen LogP contribution in [0.2, 0.25) is 0 Å². The molecule has 9 nitrogen and oxygen atoms in total. The van der Waals surface area contributed by atoms with Gasteiger partial charge in [0.15, 0.2) is 11.5 Å². The second-order valence-electron chi connectivity index (χ2n) is 7.04. The number of imidazole rings is 1. The number of para-hydroxylation sites is 2. The summed E-state index contributed by atoms with van der Waals surface area (Å²) in [5, 5.41) is 0. The summed E-state index contributed by atoms with van der Waals surface area (Å²) in [5.74, 6) is 0.467. The number of fused-ring (bicyclic) bond motifs is 2. The van der Waals surface area contributed by atoms with Crippen molar-refractivity contribution in [1.29, 1.82) is 0 Å². The van der Waals surface area contributed by atoms with E-state index >= 15 is 0 Å². The van der Waals surface area contributed by atoms with Gasteiger partial charge in [-0.05, 0) is 42.5 Å². The highest BCUT2D eigenvalue weighted by molar-refractivity contribution is 7.92. The van der Waals surface area contributed by atoms with Gasteiger partial charge in [-0.25, -0.2) is 18.1 Å². The number of carbonyl (C=O) groups excluding carboxylic acids is 1. The zero-order chi connectivity index (χ0) is 22.1. The molecule has 0 spiro atoms. The van der Waals surface area contributed by atoms with Gasteiger partial charge in [-0.15, -0.1) is 0 Å². The fourth-order valence-corrected chi connectivity index (χ4v) is 4.42. The van der Waals surface area contributed by atoms with Crippen molar-refractivity contribution in [2.75, 3.05) is 23.4 Å². The highest BCUT2D eigenvalue weighted by atomic mass is 32.2. The predicted octanol–water partition coefficient (Wildman–Crippen LogP) is 2.99. The average molecular weight is 450 g/mol. The summed E-state index contributed by atoms with van der Waals surface area (Å²) in [4.78, 5) is 17.0. The number of amides is 1. The Morgan fingerprint density at radius 2 is 1.75 bits per heavy atom. The molecule has 5 rings (SSSR count). The first-order valence-electron chi connectivity index (χ1n) is 9.76. The van der Waals surface area contributed by atoms with Crippen LogP contribution in [-0.2, 0) is 10.0 Å². The first kappa shape index (κ1) is 19.9. The first-order chi connectivity index (χ1) is 15.5. The summed E-state index contributed by atoms with van der Waals surface area (Å²) in [7, 11) is -3.90. The molecule has 0 bridgehead atoms. The highest BCUT2D eigenvalue weighted by Gasteiger charge is 2.20. The van der Waals surface area contributed by atoms with E-state index in [0.29, 0.717) is 24.7 Å². The van der Waals surface area contributed by atoms with Crippen LogP contribution in [0.25, 0.3) is 11.0 Å². The Balaban J connectivity index is 1.36. The van der Waals surface area contributed by atoms with Crippen molar-refractivity contribution in [3.05, 3.63) is 78.6 Å². The van der Waals surface area contributed by atoms with E-state index in [1.807, 2.05) is 24.3 Å². The van der Waals surface area contributed by atoms with Gasteiger partial charge in [0.2, 0.25) is 0 Å². The molecule has 0 saturated heterocycles. The lowest BCUT2D eigenvalue weighted by atomic mass is 10.2. The summed E-state index contributed by atoms with van der Waals surface area (Å²) >= 11 is 0. The molecule has 0 saturated carbocycles. The molecule has 1 aromatic heterocycles. The highest BCUT2D eigenvalue weighted by Crippen LogP contribution is 2.32. The van der Waals surface area contributed by atoms with Crippen LogP contribution < -0.4 is 19.6 Å². The lowest BCUT2D eigenvalue weighted by molar-refractivity contribution is 0.101. The molecule has 0 unspecified atom stereocenters. The number of nitrogens with zero attached hydrogens (tertiary/aromatic N) is 2. The second kappa shape index (κ2) is 7.89. The number of anilines is 1. The SMILES string of the molecule is O=C(Nn1cnc2ccccc21)c1cccc(NS(=O)(=O)c2ccc3c(c2)OCCO3)c1. The number of hydrogen-bond acceptors (Lipinski definition) is 6. The van der Waals surface area contributed by atoms with Gasteiger partial charge in [0.05, 0.1) is 15.9 Å². The van der Waals surface area contributed by atoms with Crippen molar-refractivity contribution in [3.8, 4) is 11.5 Å². The molecule has 0 fully saturated rings. The van der Waals surface area contributed by atoms with Crippen LogP contribution in [0.15, 0.2) is 78.0 Å². The molecule has 162 valence electrons. The Labute approximate surface area is 183 Å². The smallest absolute Gasteiger partial charge is 0.270 e. The molecule has 3 aromatic carbocycles. The molecule has 0 atom stereocenters. The summed E-state index contributed by atoms with van der Waals surface area (Å²) in [6, 6.07) is 18.0. The van der Waals surface area contributed by atoms with Crippen molar-refractivity contribution in [2.24, 2.45) is 0 Å². The zero-order valence-corrected chi connectivity index (χ0v) is 17.5. The van der Waals surface area contributed by atoms with Crippen LogP contribution in [0.5, 0.6) is 11.5 Å². The molecule has 0 radical (unpaired) electrons. The van der Waals surface area contributed by atoms with Crippen molar-refractivity contribution < 1.29 is 22.7 Å². The van der Waals surface area contributed by atoms with E-state index in [-0.39, 0.29) is 16.1 Å². The van der Waals surface area contributed by atoms with Gasteiger partial charge in [0.1, 0.15) is 19.5 Å². The van der Waals surface area contributed by atoms with E-state index in [2.05, 4.69) is 15.1 Å².